The number of hydrogen-bond donors (Lipinski definition) is 3. The molecule has 0 rings (SSSR count). The zero-order valence-electron chi connectivity index (χ0n) is 13.7. The van der Waals surface area contributed by atoms with Crippen molar-refractivity contribution in [2.24, 2.45) is 0 Å². The van der Waals surface area contributed by atoms with E-state index >= 15 is 0 Å². The highest BCUT2D eigenvalue weighted by Crippen LogP contribution is 2.00. The maximum atomic E-state index is 10.2. The lowest BCUT2D eigenvalue weighted by Gasteiger charge is -1.91. The van der Waals surface area contributed by atoms with Crippen LogP contribution in [0.25, 0.3) is 0 Å². The molecule has 0 aliphatic carbocycles. The summed E-state index contributed by atoms with van der Waals surface area (Å²) < 4.78 is 0. The van der Waals surface area contributed by atoms with E-state index in [-0.39, 0.29) is 11.1 Å². The summed E-state index contributed by atoms with van der Waals surface area (Å²) in [4.78, 5) is 29.4. The van der Waals surface area contributed by atoms with E-state index in [2.05, 4.69) is 20.1 Å². The van der Waals surface area contributed by atoms with E-state index in [0.29, 0.717) is 5.57 Å². The van der Waals surface area contributed by atoms with Crippen LogP contribution in [0.15, 0.2) is 36.0 Å². The first kappa shape index (κ1) is 24.6. The lowest BCUT2D eigenvalue weighted by Crippen LogP contribution is -1.95. The zero-order valence-corrected chi connectivity index (χ0v) is 13.7. The number of hydrogen-bond acceptors (Lipinski definition) is 3. The molecule has 0 saturated heterocycles. The smallest absolute Gasteiger partial charge is 0.330 e. The molecular weight excluding hydrogens is 288 g/mol. The van der Waals surface area contributed by atoms with Gasteiger partial charge >= 0.3 is 17.9 Å². The largest absolute Gasteiger partial charge is 0.478 e. The van der Waals surface area contributed by atoms with Crippen LogP contribution in [-0.4, -0.2) is 33.2 Å². The normalized spacial score (nSPS) is 9.36. The molecule has 0 spiro atoms. The van der Waals surface area contributed by atoms with Crippen LogP contribution in [0.1, 0.15) is 47.0 Å². The quantitative estimate of drug-likeness (QED) is 0.511. The lowest BCUT2D eigenvalue weighted by molar-refractivity contribution is -0.133. The Bertz CT molecular complexity index is 384. The van der Waals surface area contributed by atoms with Crippen LogP contribution >= 0.6 is 0 Å². The number of carboxylic acids is 3. The number of allylic oxidation sites excluding steroid dienone is 1. The highest BCUT2D eigenvalue weighted by atomic mass is 16.4. The van der Waals surface area contributed by atoms with E-state index in [1.807, 2.05) is 0 Å². The number of carbonyl (C=O) groups is 3. The monoisotopic (exact) mass is 314 g/mol. The third-order valence-electron chi connectivity index (χ3n) is 2.08. The molecule has 0 saturated carbocycles. The average Bonchev–Trinajstić information content (AvgIpc) is 2.39. The second-order valence-electron chi connectivity index (χ2n) is 4.51. The van der Waals surface area contributed by atoms with E-state index in [1.165, 1.54) is 13.8 Å². The van der Waals surface area contributed by atoms with E-state index in [0.717, 1.165) is 19.3 Å². The molecule has 6 nitrogen and oxygen atoms in total. The van der Waals surface area contributed by atoms with Crippen molar-refractivity contribution in [1.29, 1.82) is 0 Å². The molecule has 0 aliphatic heterocycles. The van der Waals surface area contributed by atoms with Crippen molar-refractivity contribution in [2.45, 2.75) is 47.0 Å². The minimum atomic E-state index is -0.935. The molecule has 0 amide bonds. The molecule has 0 aromatic rings. The SMILES string of the molecule is C=C(C)C(=O)O.C=C(C)C(=O)O.CCCCC=C(C)C(=O)O. The van der Waals surface area contributed by atoms with Crippen molar-refractivity contribution in [1.82, 2.24) is 0 Å². The Balaban J connectivity index is -0.000000261. The Kier molecular flexibility index (Phi) is 16.8. The van der Waals surface area contributed by atoms with Crippen molar-refractivity contribution in [3.8, 4) is 0 Å². The van der Waals surface area contributed by atoms with E-state index in [1.54, 1.807) is 13.0 Å². The Labute approximate surface area is 131 Å². The maximum Gasteiger partial charge on any atom is 0.330 e. The summed E-state index contributed by atoms with van der Waals surface area (Å²) in [6, 6.07) is 0. The summed E-state index contributed by atoms with van der Waals surface area (Å²) in [5.74, 6) is -2.68. The van der Waals surface area contributed by atoms with E-state index < -0.39 is 17.9 Å². The van der Waals surface area contributed by atoms with Gasteiger partial charge < -0.3 is 15.3 Å². The fourth-order valence-electron chi connectivity index (χ4n) is 0.610. The lowest BCUT2D eigenvalue weighted by atomic mass is 10.2. The molecule has 0 aromatic carbocycles. The van der Waals surface area contributed by atoms with Gasteiger partial charge in [-0.2, -0.15) is 0 Å². The number of rotatable bonds is 6. The number of unbranched alkanes of at least 4 members (excludes halogenated alkanes) is 2. The van der Waals surface area contributed by atoms with Crippen LogP contribution in [0.3, 0.4) is 0 Å². The second-order valence-corrected chi connectivity index (χ2v) is 4.51. The molecule has 0 aromatic heterocycles. The number of carboxylic acid groups (broad SMARTS) is 3. The minimum Gasteiger partial charge on any atom is -0.478 e. The molecule has 0 atom stereocenters. The molecule has 126 valence electrons. The van der Waals surface area contributed by atoms with Crippen LogP contribution in [0.2, 0.25) is 0 Å². The molecular formula is C16H26O6. The standard InChI is InChI=1S/C8H14O2.2C4H6O2/c1-3-4-5-6-7(2)8(9)10;2*1-3(2)4(5)6/h6H,3-5H2,1-2H3,(H,9,10);2*1H2,2H3,(H,5,6). The Morgan fingerprint density at radius 3 is 1.36 bits per heavy atom. The van der Waals surface area contributed by atoms with Gasteiger partial charge in [0.1, 0.15) is 0 Å². The molecule has 0 heterocycles. The Hall–Kier alpha value is -2.37. The van der Waals surface area contributed by atoms with Crippen molar-refractivity contribution >= 4 is 17.9 Å². The summed E-state index contributed by atoms with van der Waals surface area (Å²) in [7, 11) is 0. The van der Waals surface area contributed by atoms with Gasteiger partial charge in [-0.15, -0.1) is 0 Å². The van der Waals surface area contributed by atoms with Crippen molar-refractivity contribution in [3.05, 3.63) is 36.0 Å². The molecule has 3 N–H and O–H groups in total. The maximum absolute atomic E-state index is 10.2. The van der Waals surface area contributed by atoms with Gasteiger partial charge in [-0.1, -0.05) is 39.0 Å². The number of aliphatic carboxylic acids is 3. The predicted octanol–water partition coefficient (Wildman–Crippen LogP) is 3.50. The van der Waals surface area contributed by atoms with Crippen LogP contribution in [0.5, 0.6) is 0 Å². The Morgan fingerprint density at radius 2 is 1.18 bits per heavy atom. The fourth-order valence-corrected chi connectivity index (χ4v) is 0.610. The van der Waals surface area contributed by atoms with E-state index in [4.69, 9.17) is 15.3 Å². The molecule has 0 aliphatic rings. The Morgan fingerprint density at radius 1 is 0.864 bits per heavy atom. The fraction of sp³-hybridized carbons (Fsp3) is 0.438. The van der Waals surface area contributed by atoms with Gasteiger partial charge in [0.25, 0.3) is 0 Å². The van der Waals surface area contributed by atoms with Gasteiger partial charge in [-0.25, -0.2) is 14.4 Å². The third kappa shape index (κ3) is 22.8. The molecule has 0 fully saturated rings. The van der Waals surface area contributed by atoms with Crippen LogP contribution in [0, 0.1) is 0 Å². The van der Waals surface area contributed by atoms with Gasteiger partial charge in [0, 0.05) is 16.7 Å². The molecule has 0 radical (unpaired) electrons. The zero-order chi connectivity index (χ0) is 18.3. The van der Waals surface area contributed by atoms with Gasteiger partial charge in [0.15, 0.2) is 0 Å². The molecule has 0 bridgehead atoms. The predicted molar refractivity (Wildman–Crippen MR) is 85.8 cm³/mol. The molecule has 22 heavy (non-hydrogen) atoms. The summed E-state index contributed by atoms with van der Waals surface area (Å²) in [6.45, 7) is 12.9. The van der Waals surface area contributed by atoms with Crippen LogP contribution in [-0.2, 0) is 14.4 Å². The topological polar surface area (TPSA) is 112 Å². The van der Waals surface area contributed by atoms with E-state index in [9.17, 15) is 14.4 Å². The first-order chi connectivity index (χ1) is 9.97. The van der Waals surface area contributed by atoms with Crippen LogP contribution < -0.4 is 0 Å². The van der Waals surface area contributed by atoms with Gasteiger partial charge in [0.2, 0.25) is 0 Å². The van der Waals surface area contributed by atoms with Gasteiger partial charge in [0.05, 0.1) is 0 Å². The van der Waals surface area contributed by atoms with Gasteiger partial charge in [-0.05, 0) is 27.2 Å². The van der Waals surface area contributed by atoms with Crippen molar-refractivity contribution in [2.75, 3.05) is 0 Å². The van der Waals surface area contributed by atoms with Crippen molar-refractivity contribution in [3.63, 3.8) is 0 Å². The first-order valence-corrected chi connectivity index (χ1v) is 6.64. The second kappa shape index (κ2) is 15.0. The van der Waals surface area contributed by atoms with Crippen molar-refractivity contribution < 1.29 is 29.7 Å². The highest BCUT2D eigenvalue weighted by molar-refractivity contribution is 5.85. The summed E-state index contributed by atoms with van der Waals surface area (Å²) >= 11 is 0. The minimum absolute atomic E-state index is 0.176. The summed E-state index contributed by atoms with van der Waals surface area (Å²) in [6.07, 6.45) is 4.84. The average molecular weight is 314 g/mol. The molecule has 6 heteroatoms. The molecule has 0 unspecified atom stereocenters. The summed E-state index contributed by atoms with van der Waals surface area (Å²) in [5, 5.41) is 24.2. The summed E-state index contributed by atoms with van der Waals surface area (Å²) in [5.41, 5.74) is 0.804. The van der Waals surface area contributed by atoms with Crippen LogP contribution in [0.4, 0.5) is 0 Å². The first-order valence-electron chi connectivity index (χ1n) is 6.64. The highest BCUT2D eigenvalue weighted by Gasteiger charge is 1.96. The third-order valence-corrected chi connectivity index (χ3v) is 2.08. The van der Waals surface area contributed by atoms with Gasteiger partial charge in [-0.3, -0.25) is 0 Å².